The maximum absolute atomic E-state index is 14.1. The monoisotopic (exact) mass is 585 g/mol. The Morgan fingerprint density at radius 3 is 2.17 bits per heavy atom. The van der Waals surface area contributed by atoms with E-state index in [2.05, 4.69) is 30.0 Å². The number of nitrogens with one attached hydrogen (secondary N) is 1. The molecule has 0 aliphatic carbocycles. The van der Waals surface area contributed by atoms with Crippen molar-refractivity contribution in [1.29, 1.82) is 0 Å². The van der Waals surface area contributed by atoms with Crippen molar-refractivity contribution in [1.82, 2.24) is 24.9 Å². The maximum atomic E-state index is 14.1. The van der Waals surface area contributed by atoms with Crippen LogP contribution in [0.15, 0.2) is 11.6 Å². The Kier molecular flexibility index (Phi) is 12.7. The molecule has 9 nitrogen and oxygen atoms in total. The molecule has 4 atom stereocenters. The van der Waals surface area contributed by atoms with Gasteiger partial charge in [0.2, 0.25) is 23.6 Å². The molecule has 9 heteroatoms. The first kappa shape index (κ1) is 35.3. The molecule has 2 aliphatic heterocycles. The van der Waals surface area contributed by atoms with Crippen molar-refractivity contribution in [2.75, 3.05) is 33.7 Å². The Labute approximate surface area is 254 Å². The van der Waals surface area contributed by atoms with Crippen LogP contribution in [-0.2, 0) is 19.2 Å². The molecule has 0 saturated carbocycles. The van der Waals surface area contributed by atoms with Gasteiger partial charge in [0.25, 0.3) is 0 Å². The Morgan fingerprint density at radius 1 is 1.00 bits per heavy atom. The molecule has 4 amide bonds. The zero-order valence-electron chi connectivity index (χ0n) is 27.7. The van der Waals surface area contributed by atoms with Crippen LogP contribution in [0.3, 0.4) is 0 Å². The molecular weight excluding hydrogens is 530 g/mol. The van der Waals surface area contributed by atoms with Gasteiger partial charge < -0.3 is 20.0 Å². The summed E-state index contributed by atoms with van der Waals surface area (Å²) in [5, 5.41) is 3.12. The van der Waals surface area contributed by atoms with Gasteiger partial charge in [-0.2, -0.15) is 0 Å². The number of rotatable bonds is 10. The zero-order valence-corrected chi connectivity index (χ0v) is 27.7. The highest BCUT2D eigenvalue weighted by molar-refractivity contribution is 5.97. The maximum Gasteiger partial charge on any atom is 0.249 e. The van der Waals surface area contributed by atoms with Gasteiger partial charge in [0, 0.05) is 32.3 Å². The molecule has 0 radical (unpaired) electrons. The average Bonchev–Trinajstić information content (AvgIpc) is 3.41. The van der Waals surface area contributed by atoms with Crippen LogP contribution in [0.2, 0.25) is 0 Å². The van der Waals surface area contributed by atoms with Crippen molar-refractivity contribution >= 4 is 23.6 Å². The van der Waals surface area contributed by atoms with Crippen molar-refractivity contribution in [3.8, 4) is 12.3 Å². The van der Waals surface area contributed by atoms with E-state index in [-0.39, 0.29) is 54.2 Å². The highest BCUT2D eigenvalue weighted by Gasteiger charge is 2.40. The van der Waals surface area contributed by atoms with Gasteiger partial charge >= 0.3 is 0 Å². The van der Waals surface area contributed by atoms with Crippen LogP contribution in [0.5, 0.6) is 0 Å². The lowest BCUT2D eigenvalue weighted by molar-refractivity contribution is -0.142. The van der Waals surface area contributed by atoms with Crippen LogP contribution in [0, 0.1) is 23.7 Å². The van der Waals surface area contributed by atoms with Gasteiger partial charge in [-0.25, -0.2) is 0 Å². The molecule has 236 valence electrons. The van der Waals surface area contributed by atoms with Crippen LogP contribution in [0.4, 0.5) is 0 Å². The number of piperidine rings is 1. The van der Waals surface area contributed by atoms with Crippen molar-refractivity contribution in [3.05, 3.63) is 11.6 Å². The summed E-state index contributed by atoms with van der Waals surface area (Å²) >= 11 is 0. The minimum Gasteiger partial charge on any atom is -0.342 e. The second-order valence-corrected chi connectivity index (χ2v) is 13.7. The first-order chi connectivity index (χ1) is 19.5. The van der Waals surface area contributed by atoms with Gasteiger partial charge in [-0.15, -0.1) is 6.42 Å². The Bertz CT molecular complexity index is 1050. The summed E-state index contributed by atoms with van der Waals surface area (Å²) in [6, 6.07) is -1.67. The third-order valence-electron chi connectivity index (χ3n) is 8.65. The molecule has 0 unspecified atom stereocenters. The minimum atomic E-state index is -0.733. The highest BCUT2D eigenvalue weighted by atomic mass is 16.2. The van der Waals surface area contributed by atoms with E-state index in [1.165, 1.54) is 4.90 Å². The molecule has 0 aromatic heterocycles. The molecule has 42 heavy (non-hydrogen) atoms. The topological polar surface area (TPSA) is 93.3 Å². The van der Waals surface area contributed by atoms with E-state index >= 15 is 0 Å². The van der Waals surface area contributed by atoms with Gasteiger partial charge in [-0.05, 0) is 64.3 Å². The fourth-order valence-electron chi connectivity index (χ4n) is 6.13. The van der Waals surface area contributed by atoms with Crippen molar-refractivity contribution in [3.63, 3.8) is 0 Å². The summed E-state index contributed by atoms with van der Waals surface area (Å²) in [5.41, 5.74) is -0.0408. The van der Waals surface area contributed by atoms with E-state index in [1.807, 2.05) is 40.7 Å². The number of carbonyl (C=O) groups excluding carboxylic acids is 4. The number of hydrogen-bond donors (Lipinski definition) is 1. The van der Waals surface area contributed by atoms with E-state index in [1.54, 1.807) is 30.8 Å². The molecule has 2 aliphatic rings. The average molecular weight is 586 g/mol. The normalized spacial score (nSPS) is 21.6. The van der Waals surface area contributed by atoms with Crippen LogP contribution in [-0.4, -0.2) is 107 Å². The standard InChI is InChI=1S/C33H55N5O4/c1-12-18-35(10)31(41)26-17-15-20-38(26)30(40)24(6)21-27(22(2)3)36(11)32(42)28(33(7,8)9)34-29(39)25-16-13-14-19-37(25)23(4)5/h1,21-23,25-28H,13-20H2,2-11H3,(H,34,39)/t25-,26+,27-,28-/m1/s1. The Morgan fingerprint density at radius 2 is 1.62 bits per heavy atom. The third-order valence-corrected chi connectivity index (χ3v) is 8.65. The molecule has 1 N–H and O–H groups in total. The lowest BCUT2D eigenvalue weighted by Gasteiger charge is -2.41. The molecule has 0 aromatic carbocycles. The molecule has 2 heterocycles. The first-order valence-electron chi connectivity index (χ1n) is 15.5. The molecule has 0 spiro atoms. The summed E-state index contributed by atoms with van der Waals surface area (Å²) in [7, 11) is 3.39. The lowest BCUT2D eigenvalue weighted by atomic mass is 9.84. The number of nitrogens with zero attached hydrogens (tertiary/aromatic N) is 4. The molecule has 0 bridgehead atoms. The highest BCUT2D eigenvalue weighted by Crippen LogP contribution is 2.27. The second-order valence-electron chi connectivity index (χ2n) is 13.7. The third kappa shape index (κ3) is 8.59. The van der Waals surface area contributed by atoms with Crippen molar-refractivity contribution in [2.24, 2.45) is 11.3 Å². The van der Waals surface area contributed by atoms with E-state index in [4.69, 9.17) is 6.42 Å². The summed E-state index contributed by atoms with van der Waals surface area (Å²) < 4.78 is 0. The van der Waals surface area contributed by atoms with Crippen molar-refractivity contribution in [2.45, 2.75) is 118 Å². The fourth-order valence-corrected chi connectivity index (χ4v) is 6.13. The number of carbonyl (C=O) groups is 4. The Balaban J connectivity index is 2.28. The lowest BCUT2D eigenvalue weighted by Crippen LogP contribution is -2.60. The molecule has 0 aromatic rings. The predicted molar refractivity (Wildman–Crippen MR) is 167 cm³/mol. The summed E-state index contributed by atoms with van der Waals surface area (Å²) in [6.07, 6.45) is 11.4. The predicted octanol–water partition coefficient (Wildman–Crippen LogP) is 3.29. The van der Waals surface area contributed by atoms with Gasteiger partial charge in [0.1, 0.15) is 12.1 Å². The Hall–Kier alpha value is -2.86. The summed E-state index contributed by atoms with van der Waals surface area (Å²) in [4.78, 5) is 61.1. The van der Waals surface area contributed by atoms with E-state index in [0.29, 0.717) is 18.5 Å². The largest absolute Gasteiger partial charge is 0.342 e. The van der Waals surface area contributed by atoms with Crippen molar-refractivity contribution < 1.29 is 19.2 Å². The van der Waals surface area contributed by atoms with Crippen LogP contribution in [0.1, 0.15) is 87.5 Å². The summed E-state index contributed by atoms with van der Waals surface area (Å²) in [5.74, 6) is 1.83. The fraction of sp³-hybridized carbons (Fsp3) is 0.758. The SMILES string of the molecule is C#CCN(C)C(=O)[C@@H]1CCCN1C(=O)C(C)=C[C@H](C(C)C)N(C)C(=O)[C@@H](NC(=O)[C@H]1CCCCN1C(C)C)C(C)(C)C. The van der Waals surface area contributed by atoms with Gasteiger partial charge in [0.15, 0.2) is 0 Å². The minimum absolute atomic E-state index is 0.00515. The number of hydrogen-bond acceptors (Lipinski definition) is 5. The van der Waals surface area contributed by atoms with E-state index in [9.17, 15) is 19.2 Å². The zero-order chi connectivity index (χ0) is 31.9. The number of amides is 4. The van der Waals surface area contributed by atoms with Crippen LogP contribution < -0.4 is 5.32 Å². The van der Waals surface area contributed by atoms with E-state index in [0.717, 1.165) is 32.2 Å². The van der Waals surface area contributed by atoms with Crippen LogP contribution >= 0.6 is 0 Å². The van der Waals surface area contributed by atoms with Crippen LogP contribution in [0.25, 0.3) is 0 Å². The molecular formula is C33H55N5O4. The molecule has 2 fully saturated rings. The first-order valence-corrected chi connectivity index (χ1v) is 15.5. The number of terminal acetylenes is 1. The smallest absolute Gasteiger partial charge is 0.249 e. The molecule has 2 saturated heterocycles. The van der Waals surface area contributed by atoms with Gasteiger partial charge in [-0.1, -0.05) is 53.0 Å². The number of likely N-dealkylation sites (N-methyl/N-ethyl adjacent to an activating group) is 2. The summed E-state index contributed by atoms with van der Waals surface area (Å²) in [6.45, 7) is 17.4. The molecule has 2 rings (SSSR count). The van der Waals surface area contributed by atoms with Gasteiger partial charge in [-0.3, -0.25) is 24.1 Å². The quantitative estimate of drug-likeness (QED) is 0.314. The van der Waals surface area contributed by atoms with E-state index < -0.39 is 17.5 Å². The number of likely N-dealkylation sites (tertiary alicyclic amines) is 2. The van der Waals surface area contributed by atoms with Gasteiger partial charge in [0.05, 0.1) is 18.6 Å². The second kappa shape index (κ2) is 15.0.